The van der Waals surface area contributed by atoms with Crippen LogP contribution in [0.1, 0.15) is 53.5 Å². The van der Waals surface area contributed by atoms with Gasteiger partial charge in [0, 0.05) is 24.4 Å². The average Bonchev–Trinajstić information content (AvgIpc) is 2.98. The number of alkyl halides is 1. The minimum Gasteiger partial charge on any atom is -0.496 e. The van der Waals surface area contributed by atoms with Crippen LogP contribution in [-0.2, 0) is 11.3 Å². The summed E-state index contributed by atoms with van der Waals surface area (Å²) in [5, 5.41) is 1.94. The molecule has 0 fully saturated rings. The van der Waals surface area contributed by atoms with Gasteiger partial charge in [0.05, 0.1) is 24.7 Å². The topological polar surface area (TPSA) is 94.6 Å². The lowest BCUT2D eigenvalue weighted by molar-refractivity contribution is 0.0924. The van der Waals surface area contributed by atoms with Crippen molar-refractivity contribution in [1.29, 1.82) is 0 Å². The molecule has 7 nitrogen and oxygen atoms in total. The summed E-state index contributed by atoms with van der Waals surface area (Å²) in [5.74, 6) is -1.14. The predicted molar refractivity (Wildman–Crippen MR) is 156 cm³/mol. The second-order valence-electron chi connectivity index (χ2n) is 9.43. The standard InChI is InChI=1S/C32H28ClFN2O5/c1-20-7-4-5-8-25(20)26-9-6-12-32(30(26)33,15-27(34)21-10-11-22(17-37)29(14-21)41-3)36-31(39)28-13-23(19-40-2)24(18-38)16-35-28/h4-18,30H,19H2,1-3H3,(H,36,39)/b27-15-. The van der Waals surface area contributed by atoms with Crippen molar-refractivity contribution in [2.75, 3.05) is 14.2 Å². The molecule has 1 aromatic heterocycles. The van der Waals surface area contributed by atoms with E-state index < -0.39 is 22.7 Å². The summed E-state index contributed by atoms with van der Waals surface area (Å²) in [7, 11) is 2.85. The van der Waals surface area contributed by atoms with E-state index in [1.807, 2.05) is 37.3 Å². The molecule has 0 bridgehead atoms. The second kappa shape index (κ2) is 12.8. The van der Waals surface area contributed by atoms with E-state index in [0.717, 1.165) is 11.1 Å². The molecule has 0 radical (unpaired) electrons. The first-order chi connectivity index (χ1) is 19.8. The van der Waals surface area contributed by atoms with E-state index in [1.54, 1.807) is 12.2 Å². The number of benzene rings is 2. The van der Waals surface area contributed by atoms with E-state index in [9.17, 15) is 14.4 Å². The van der Waals surface area contributed by atoms with Crippen molar-refractivity contribution in [3.8, 4) is 5.75 Å². The number of aromatic nitrogens is 1. The summed E-state index contributed by atoms with van der Waals surface area (Å²) in [4.78, 5) is 40.5. The molecule has 0 spiro atoms. The lowest BCUT2D eigenvalue weighted by Crippen LogP contribution is -2.53. The maximum Gasteiger partial charge on any atom is 0.270 e. The van der Waals surface area contributed by atoms with Gasteiger partial charge in [-0.05, 0) is 53.5 Å². The summed E-state index contributed by atoms with van der Waals surface area (Å²) in [5.41, 5.74) is 2.08. The van der Waals surface area contributed by atoms with Gasteiger partial charge in [-0.2, -0.15) is 0 Å². The van der Waals surface area contributed by atoms with Crippen molar-refractivity contribution < 1.29 is 28.2 Å². The normalized spacial score (nSPS) is 18.4. The Kier molecular flexibility index (Phi) is 9.27. The third-order valence-corrected chi connectivity index (χ3v) is 7.41. The van der Waals surface area contributed by atoms with Gasteiger partial charge in [-0.1, -0.05) is 48.6 Å². The number of ether oxygens (including phenoxy) is 2. The van der Waals surface area contributed by atoms with E-state index in [4.69, 9.17) is 21.1 Å². The molecule has 2 aromatic carbocycles. The molecular weight excluding hydrogens is 547 g/mol. The molecule has 3 aromatic rings. The van der Waals surface area contributed by atoms with Crippen LogP contribution in [0.15, 0.2) is 79.0 Å². The number of hydrogen-bond donors (Lipinski definition) is 1. The fourth-order valence-corrected chi connectivity index (χ4v) is 5.03. The van der Waals surface area contributed by atoms with Crippen molar-refractivity contribution in [3.63, 3.8) is 0 Å². The van der Waals surface area contributed by atoms with Crippen LogP contribution in [0.3, 0.4) is 0 Å². The van der Waals surface area contributed by atoms with E-state index in [0.29, 0.717) is 23.7 Å². The highest BCUT2D eigenvalue weighted by Crippen LogP contribution is 2.39. The maximum absolute atomic E-state index is 16.0. The number of carbonyl (C=O) groups is 3. The number of rotatable bonds is 10. The van der Waals surface area contributed by atoms with Crippen LogP contribution in [0, 0.1) is 6.92 Å². The minimum absolute atomic E-state index is 0.00269. The molecule has 0 saturated carbocycles. The van der Waals surface area contributed by atoms with E-state index in [1.165, 1.54) is 50.8 Å². The molecule has 1 amide bonds. The lowest BCUT2D eigenvalue weighted by atomic mass is 9.81. The Morgan fingerprint density at radius 3 is 2.56 bits per heavy atom. The van der Waals surface area contributed by atoms with Crippen LogP contribution < -0.4 is 10.1 Å². The van der Waals surface area contributed by atoms with Gasteiger partial charge in [0.1, 0.15) is 22.8 Å². The van der Waals surface area contributed by atoms with Crippen molar-refractivity contribution in [3.05, 3.63) is 118 Å². The van der Waals surface area contributed by atoms with Gasteiger partial charge in [-0.3, -0.25) is 19.4 Å². The van der Waals surface area contributed by atoms with E-state index in [2.05, 4.69) is 10.3 Å². The summed E-state index contributed by atoms with van der Waals surface area (Å²) < 4.78 is 26.4. The number of carbonyl (C=O) groups excluding carboxylic acids is 3. The van der Waals surface area contributed by atoms with Gasteiger partial charge in [0.15, 0.2) is 12.6 Å². The number of methoxy groups -OCH3 is 2. The number of halogens is 2. The molecule has 1 aliphatic rings. The number of pyridine rings is 1. The highest BCUT2D eigenvalue weighted by Gasteiger charge is 2.41. The molecule has 0 aliphatic heterocycles. The Morgan fingerprint density at radius 1 is 1.12 bits per heavy atom. The number of aryl methyl sites for hydroxylation is 1. The van der Waals surface area contributed by atoms with Crippen LogP contribution in [0.25, 0.3) is 11.4 Å². The summed E-state index contributed by atoms with van der Waals surface area (Å²) >= 11 is 7.11. The zero-order valence-corrected chi connectivity index (χ0v) is 23.4. The van der Waals surface area contributed by atoms with Gasteiger partial charge in [0.2, 0.25) is 0 Å². The van der Waals surface area contributed by atoms with Gasteiger partial charge in [-0.25, -0.2) is 4.39 Å². The molecule has 9 heteroatoms. The first-order valence-electron chi connectivity index (χ1n) is 12.6. The molecule has 1 heterocycles. The van der Waals surface area contributed by atoms with Crippen molar-refractivity contribution in [2.24, 2.45) is 0 Å². The van der Waals surface area contributed by atoms with Crippen LogP contribution in [0.4, 0.5) is 4.39 Å². The molecular formula is C32H28ClFN2O5. The zero-order valence-electron chi connectivity index (χ0n) is 22.7. The van der Waals surface area contributed by atoms with Gasteiger partial charge in [-0.15, -0.1) is 11.6 Å². The first-order valence-corrected chi connectivity index (χ1v) is 13.1. The SMILES string of the molecule is COCc1cc(C(=O)NC2(/C=C(\F)c3ccc(C=O)c(OC)c3)C=CC=C(c3ccccc3C)C2Cl)ncc1C=O. The van der Waals surface area contributed by atoms with Gasteiger partial charge < -0.3 is 14.8 Å². The predicted octanol–water partition coefficient (Wildman–Crippen LogP) is 5.91. The Labute approximate surface area is 242 Å². The molecule has 210 valence electrons. The number of nitrogens with zero attached hydrogens (tertiary/aromatic N) is 1. The fraction of sp³-hybridized carbons (Fsp3) is 0.188. The Morgan fingerprint density at radius 2 is 1.88 bits per heavy atom. The Hall–Kier alpha value is -4.40. The average molecular weight is 575 g/mol. The Bertz CT molecular complexity index is 1580. The van der Waals surface area contributed by atoms with Crippen LogP contribution >= 0.6 is 11.6 Å². The van der Waals surface area contributed by atoms with E-state index >= 15 is 4.39 Å². The second-order valence-corrected chi connectivity index (χ2v) is 9.87. The van der Waals surface area contributed by atoms with Crippen molar-refractivity contribution in [2.45, 2.75) is 24.4 Å². The molecule has 2 atom stereocenters. The third kappa shape index (κ3) is 6.19. The smallest absolute Gasteiger partial charge is 0.270 e. The monoisotopic (exact) mass is 574 g/mol. The van der Waals surface area contributed by atoms with Crippen molar-refractivity contribution in [1.82, 2.24) is 10.3 Å². The highest BCUT2D eigenvalue weighted by atomic mass is 35.5. The number of amides is 1. The summed E-state index contributed by atoms with van der Waals surface area (Å²) in [6.45, 7) is 2.03. The molecule has 4 rings (SSSR count). The quantitative estimate of drug-likeness (QED) is 0.239. The van der Waals surface area contributed by atoms with Crippen LogP contribution in [0.5, 0.6) is 5.75 Å². The lowest BCUT2D eigenvalue weighted by Gasteiger charge is -2.37. The molecule has 2 unspecified atom stereocenters. The zero-order chi connectivity index (χ0) is 29.6. The first kappa shape index (κ1) is 29.6. The Balaban J connectivity index is 1.82. The van der Waals surface area contributed by atoms with E-state index in [-0.39, 0.29) is 34.7 Å². The number of aldehydes is 2. The largest absolute Gasteiger partial charge is 0.496 e. The van der Waals surface area contributed by atoms with Gasteiger partial charge in [0.25, 0.3) is 5.91 Å². The van der Waals surface area contributed by atoms with Crippen LogP contribution in [0.2, 0.25) is 0 Å². The van der Waals surface area contributed by atoms with Gasteiger partial charge >= 0.3 is 0 Å². The number of allylic oxidation sites excluding steroid dienone is 2. The van der Waals surface area contributed by atoms with Crippen LogP contribution in [-0.4, -0.2) is 48.6 Å². The number of nitrogens with one attached hydrogen (secondary N) is 1. The molecule has 41 heavy (non-hydrogen) atoms. The maximum atomic E-state index is 16.0. The molecule has 0 saturated heterocycles. The third-order valence-electron chi connectivity index (χ3n) is 6.81. The summed E-state index contributed by atoms with van der Waals surface area (Å²) in [6.07, 6.45) is 8.90. The minimum atomic E-state index is -1.54. The number of hydrogen-bond acceptors (Lipinski definition) is 6. The highest BCUT2D eigenvalue weighted by molar-refractivity contribution is 6.28. The van der Waals surface area contributed by atoms with Crippen molar-refractivity contribution >= 4 is 41.5 Å². The fourth-order valence-electron chi connectivity index (χ4n) is 4.65. The summed E-state index contributed by atoms with van der Waals surface area (Å²) in [6, 6.07) is 13.4. The molecule has 1 N–H and O–H groups in total. The molecule has 1 aliphatic carbocycles.